The number of fused-ring (bicyclic) bond motifs is 7. The molecule has 0 amide bonds. The topological polar surface area (TPSA) is 88.2 Å². The van der Waals surface area contributed by atoms with Gasteiger partial charge in [0.25, 0.3) is 0 Å². The highest BCUT2D eigenvalue weighted by Crippen LogP contribution is 2.75. The van der Waals surface area contributed by atoms with Crippen molar-refractivity contribution < 1.29 is 24.5 Å². The van der Waals surface area contributed by atoms with E-state index in [-0.39, 0.29) is 34.8 Å². The highest BCUT2D eigenvalue weighted by molar-refractivity contribution is 6.01. The number of hydrogen-bond acceptors (Lipinski definition) is 5. The minimum absolute atomic E-state index is 0.101. The van der Waals surface area contributed by atoms with E-state index in [1.165, 1.54) is 7.11 Å². The molecular formula is C31H43NO5. The van der Waals surface area contributed by atoms with Crippen molar-refractivity contribution in [3.63, 3.8) is 0 Å². The van der Waals surface area contributed by atoms with E-state index in [4.69, 9.17) is 11.3 Å². The highest BCUT2D eigenvalue weighted by Gasteiger charge is 2.76. The quantitative estimate of drug-likeness (QED) is 0.326. The fourth-order valence-electron chi connectivity index (χ4n) is 10.1. The summed E-state index contributed by atoms with van der Waals surface area (Å²) in [4.78, 5) is 31.4. The second-order valence-corrected chi connectivity index (χ2v) is 14.4. The molecule has 5 aliphatic rings. The number of carbonyl (C=O) groups is 2. The van der Waals surface area contributed by atoms with E-state index in [1.807, 2.05) is 6.92 Å². The van der Waals surface area contributed by atoms with Gasteiger partial charge >= 0.3 is 5.97 Å². The molecule has 0 radical (unpaired) electrons. The molecular weight excluding hydrogens is 466 g/mol. The number of hydrogen-bond donors (Lipinski definition) is 2. The monoisotopic (exact) mass is 509 g/mol. The number of aliphatic hydroxyl groups excluding tert-OH is 1. The van der Waals surface area contributed by atoms with Crippen LogP contribution in [0.5, 0.6) is 0 Å². The van der Waals surface area contributed by atoms with Crippen molar-refractivity contribution in [2.75, 3.05) is 7.11 Å². The zero-order chi connectivity index (χ0) is 27.4. The molecule has 0 aliphatic heterocycles. The zero-order valence-electron chi connectivity index (χ0n) is 23.5. The Morgan fingerprint density at radius 1 is 1.11 bits per heavy atom. The first kappa shape index (κ1) is 26.5. The lowest BCUT2D eigenvalue weighted by molar-refractivity contribution is -0.248. The van der Waals surface area contributed by atoms with E-state index in [0.717, 1.165) is 24.8 Å². The Morgan fingerprint density at radius 3 is 2.38 bits per heavy atom. The zero-order valence-corrected chi connectivity index (χ0v) is 23.5. The molecule has 37 heavy (non-hydrogen) atoms. The summed E-state index contributed by atoms with van der Waals surface area (Å²) in [6, 6.07) is 0. The first-order valence-electron chi connectivity index (χ1n) is 14.0. The third kappa shape index (κ3) is 2.96. The maximum absolute atomic E-state index is 14.4. The smallest absolute Gasteiger partial charge is 0.312 e. The van der Waals surface area contributed by atoms with Gasteiger partial charge < -0.3 is 14.9 Å². The van der Waals surface area contributed by atoms with Crippen LogP contribution in [0, 0.1) is 51.4 Å². The lowest BCUT2D eigenvalue weighted by atomic mass is 9.33. The van der Waals surface area contributed by atoms with Crippen LogP contribution in [0.1, 0.15) is 92.9 Å². The Bertz CT molecular complexity index is 1180. The fourth-order valence-corrected chi connectivity index (χ4v) is 10.1. The predicted octanol–water partition coefficient (Wildman–Crippen LogP) is 6.16. The van der Waals surface area contributed by atoms with Gasteiger partial charge in [-0.15, -0.1) is 0 Å². The summed E-state index contributed by atoms with van der Waals surface area (Å²) >= 11 is 0. The molecule has 8 atom stereocenters. The SMILES string of the molecule is [C-]#[N+]C1=C(O)[C@@H](C)[C@@H]2CC[C@]3(C)C(=CC(=O)[C@]4(O)[C@@H]5CC(C)(C)CC[C@]5(C(=O)OC)CC[C@@]34C)[C@@]2(C)C1. The van der Waals surface area contributed by atoms with Gasteiger partial charge in [0.2, 0.25) is 5.70 Å². The molecule has 202 valence electrons. The molecule has 0 aromatic rings. The number of ether oxygens (including phenoxy) is 1. The molecule has 0 aromatic carbocycles. The molecule has 3 fully saturated rings. The number of nitrogens with zero attached hydrogens (tertiary/aromatic N) is 1. The summed E-state index contributed by atoms with van der Waals surface area (Å²) in [7, 11) is 1.41. The molecule has 5 aliphatic carbocycles. The van der Waals surface area contributed by atoms with Crippen molar-refractivity contribution >= 4 is 11.8 Å². The van der Waals surface area contributed by atoms with Crippen molar-refractivity contribution in [2.24, 2.45) is 44.8 Å². The lowest BCUT2D eigenvalue weighted by Gasteiger charge is -2.71. The molecule has 0 bridgehead atoms. The summed E-state index contributed by atoms with van der Waals surface area (Å²) < 4.78 is 5.34. The molecule has 3 saturated carbocycles. The van der Waals surface area contributed by atoms with Gasteiger partial charge in [0, 0.05) is 17.3 Å². The lowest BCUT2D eigenvalue weighted by Crippen LogP contribution is -2.74. The van der Waals surface area contributed by atoms with Gasteiger partial charge in [-0.2, -0.15) is 0 Å². The van der Waals surface area contributed by atoms with Crippen LogP contribution in [0.25, 0.3) is 4.85 Å². The Labute approximate surface area is 221 Å². The van der Waals surface area contributed by atoms with Gasteiger partial charge in [0.15, 0.2) is 5.78 Å². The van der Waals surface area contributed by atoms with Crippen molar-refractivity contribution in [3.05, 3.63) is 34.5 Å². The molecule has 2 N–H and O–H groups in total. The molecule has 0 saturated heterocycles. The summed E-state index contributed by atoms with van der Waals surface area (Å²) in [6.07, 6.45) is 6.96. The van der Waals surface area contributed by atoms with Crippen LogP contribution in [-0.2, 0) is 14.3 Å². The third-order valence-electron chi connectivity index (χ3n) is 12.5. The average molecular weight is 510 g/mol. The highest BCUT2D eigenvalue weighted by atomic mass is 16.5. The second-order valence-electron chi connectivity index (χ2n) is 14.4. The van der Waals surface area contributed by atoms with Gasteiger partial charge in [0.05, 0.1) is 24.9 Å². The van der Waals surface area contributed by atoms with Gasteiger partial charge in [-0.05, 0) is 79.6 Å². The minimum atomic E-state index is -1.68. The first-order valence-corrected chi connectivity index (χ1v) is 14.0. The van der Waals surface area contributed by atoms with Crippen LogP contribution in [0.4, 0.5) is 0 Å². The molecule has 0 unspecified atom stereocenters. The van der Waals surface area contributed by atoms with Crippen LogP contribution < -0.4 is 0 Å². The van der Waals surface area contributed by atoms with Crippen LogP contribution in [0.3, 0.4) is 0 Å². The number of carbonyl (C=O) groups excluding carboxylic acids is 2. The summed E-state index contributed by atoms with van der Waals surface area (Å²) in [5.41, 5.74) is -2.94. The van der Waals surface area contributed by atoms with Crippen LogP contribution in [0.2, 0.25) is 0 Å². The standard InChI is InChI=1S/C31H43NO5/c1-18-19-9-10-28(5)21(27(19,4)16-20(32-7)24(18)34)15-23(33)31(36)22-17-26(2,3)11-13-30(22,25(35)37-8)14-12-29(28,31)6/h15,18-19,22,34,36H,9-14,16-17H2,1-6,8H3/t18-,19-,22+,27-,28+,29-,30-,31+/m0/s1. The number of allylic oxidation sites excluding steroid dienone is 3. The van der Waals surface area contributed by atoms with Crippen molar-refractivity contribution in [2.45, 2.75) is 98.5 Å². The minimum Gasteiger partial charge on any atom is -0.523 e. The van der Waals surface area contributed by atoms with Crippen molar-refractivity contribution in [3.8, 4) is 0 Å². The van der Waals surface area contributed by atoms with Crippen LogP contribution >= 0.6 is 0 Å². The van der Waals surface area contributed by atoms with E-state index in [1.54, 1.807) is 6.08 Å². The molecule has 0 spiro atoms. The number of aliphatic hydroxyl groups is 2. The number of esters is 1. The summed E-state index contributed by atoms with van der Waals surface area (Å²) in [5.74, 6) is -0.959. The van der Waals surface area contributed by atoms with Crippen LogP contribution in [0.15, 0.2) is 23.1 Å². The molecule has 6 heteroatoms. The van der Waals surface area contributed by atoms with Gasteiger partial charge in [0.1, 0.15) is 5.60 Å². The molecule has 0 heterocycles. The predicted molar refractivity (Wildman–Crippen MR) is 140 cm³/mol. The van der Waals surface area contributed by atoms with E-state index < -0.39 is 33.2 Å². The first-order chi connectivity index (χ1) is 17.1. The average Bonchev–Trinajstić information content (AvgIpc) is 2.84. The number of methoxy groups -OCH3 is 1. The van der Waals surface area contributed by atoms with E-state index in [2.05, 4.69) is 39.5 Å². The van der Waals surface area contributed by atoms with E-state index >= 15 is 0 Å². The van der Waals surface area contributed by atoms with Gasteiger partial charge in [-0.3, -0.25) is 9.59 Å². The van der Waals surface area contributed by atoms with Crippen molar-refractivity contribution in [1.29, 1.82) is 0 Å². The van der Waals surface area contributed by atoms with E-state index in [9.17, 15) is 19.8 Å². The number of rotatable bonds is 1. The maximum Gasteiger partial charge on any atom is 0.312 e. The Balaban J connectivity index is 1.72. The van der Waals surface area contributed by atoms with Gasteiger partial charge in [-0.25, -0.2) is 4.85 Å². The third-order valence-corrected chi connectivity index (χ3v) is 12.5. The molecule has 6 nitrogen and oxygen atoms in total. The van der Waals surface area contributed by atoms with Gasteiger partial charge in [-0.1, -0.05) is 47.1 Å². The molecule has 0 aromatic heterocycles. The normalized spacial score (nSPS) is 48.5. The fraction of sp³-hybridized carbons (Fsp3) is 0.774. The Morgan fingerprint density at radius 2 is 1.76 bits per heavy atom. The summed E-state index contributed by atoms with van der Waals surface area (Å²) in [5, 5.41) is 23.6. The maximum atomic E-state index is 14.4. The Hall–Kier alpha value is -2.13. The summed E-state index contributed by atoms with van der Waals surface area (Å²) in [6.45, 7) is 20.5. The Kier molecular flexibility index (Phi) is 5.52. The number of ketones is 1. The molecule has 5 rings (SSSR count). The van der Waals surface area contributed by atoms with Crippen molar-refractivity contribution in [1.82, 2.24) is 0 Å². The second kappa shape index (κ2) is 7.72. The van der Waals surface area contributed by atoms with E-state index in [0.29, 0.717) is 37.8 Å². The largest absolute Gasteiger partial charge is 0.523 e. The van der Waals surface area contributed by atoms with Crippen LogP contribution in [-0.4, -0.2) is 34.7 Å².